The Labute approximate surface area is 326 Å². The van der Waals surface area contributed by atoms with Gasteiger partial charge in [-0.15, -0.1) is 0 Å². The molecule has 10 heteroatoms. The van der Waals surface area contributed by atoms with Gasteiger partial charge in [-0.1, -0.05) is 180 Å². The lowest BCUT2D eigenvalue weighted by atomic mass is 10.0. The molecule has 3 unspecified atom stereocenters. The molecule has 0 rings (SSSR count). The van der Waals surface area contributed by atoms with Gasteiger partial charge in [-0.2, -0.15) is 0 Å². The minimum absolute atomic E-state index is 0.0534. The maximum Gasteiger partial charge on any atom is 0.472 e. The molecule has 0 heterocycles. The van der Waals surface area contributed by atoms with E-state index in [2.05, 4.69) is 26.0 Å². The summed E-state index contributed by atoms with van der Waals surface area (Å²) >= 11 is 0. The van der Waals surface area contributed by atoms with Crippen molar-refractivity contribution in [1.82, 2.24) is 0 Å². The second kappa shape index (κ2) is 40.9. The van der Waals surface area contributed by atoms with Crippen molar-refractivity contribution >= 4 is 13.8 Å². The van der Waals surface area contributed by atoms with Crippen LogP contribution in [0.5, 0.6) is 0 Å². The zero-order valence-electron chi connectivity index (χ0n) is 34.5. The molecule has 0 aliphatic rings. The van der Waals surface area contributed by atoms with Gasteiger partial charge in [-0.05, 0) is 38.5 Å². The summed E-state index contributed by atoms with van der Waals surface area (Å²) in [6.45, 7) is 3.55. The summed E-state index contributed by atoms with van der Waals surface area (Å²) in [6, 6.07) is 0. The fourth-order valence-corrected chi connectivity index (χ4v) is 7.08. The quantitative estimate of drug-likeness (QED) is 0.0240. The van der Waals surface area contributed by atoms with E-state index >= 15 is 0 Å². The molecule has 0 aliphatic carbocycles. The number of phosphoric ester groups is 1. The number of hydrogen-bond acceptors (Lipinski definition) is 8. The van der Waals surface area contributed by atoms with Crippen molar-refractivity contribution in [1.29, 1.82) is 0 Å². The minimum Gasteiger partial charge on any atom is -0.457 e. The summed E-state index contributed by atoms with van der Waals surface area (Å²) in [5, 5.41) is 18.3. The third-order valence-corrected chi connectivity index (χ3v) is 10.7. The molecule has 53 heavy (non-hydrogen) atoms. The van der Waals surface area contributed by atoms with Crippen LogP contribution in [0.4, 0.5) is 0 Å². The summed E-state index contributed by atoms with van der Waals surface area (Å²) in [6.07, 6.45) is 40.2. The number of allylic oxidation sites excluding steroid dienone is 2. The van der Waals surface area contributed by atoms with Gasteiger partial charge in [0, 0.05) is 13.0 Å². The van der Waals surface area contributed by atoms with Gasteiger partial charge in [0.05, 0.1) is 26.4 Å². The van der Waals surface area contributed by atoms with Crippen LogP contribution in [-0.4, -0.2) is 66.3 Å². The van der Waals surface area contributed by atoms with E-state index in [9.17, 15) is 19.4 Å². The highest BCUT2D eigenvalue weighted by atomic mass is 31.2. The van der Waals surface area contributed by atoms with Gasteiger partial charge >= 0.3 is 13.8 Å². The van der Waals surface area contributed by atoms with Gasteiger partial charge in [0.25, 0.3) is 0 Å². The van der Waals surface area contributed by atoms with Crippen LogP contribution in [0.3, 0.4) is 0 Å². The number of aliphatic hydroxyl groups is 2. The Morgan fingerprint density at radius 3 is 1.42 bits per heavy atom. The third kappa shape index (κ3) is 40.7. The van der Waals surface area contributed by atoms with Gasteiger partial charge < -0.3 is 24.6 Å². The molecule has 0 aromatic heterocycles. The SMILES string of the molecule is CCCCCCCC/C=C\CCCCCCCCCC(=O)OC(COCCCCCCCCCCCCCCCCC)COP(=O)(O)OCC(O)CO. The van der Waals surface area contributed by atoms with E-state index in [-0.39, 0.29) is 25.6 Å². The first-order valence-electron chi connectivity index (χ1n) is 22.2. The first kappa shape index (κ1) is 52.2. The highest BCUT2D eigenvalue weighted by molar-refractivity contribution is 7.47. The Bertz CT molecular complexity index is 841. The largest absolute Gasteiger partial charge is 0.472 e. The molecule has 0 aliphatic heterocycles. The molecule has 0 bridgehead atoms. The number of rotatable bonds is 43. The number of phosphoric acid groups is 1. The Hall–Kier alpha value is -0.800. The molecule has 3 N–H and O–H groups in total. The molecule has 0 saturated heterocycles. The van der Waals surface area contributed by atoms with Gasteiger partial charge in [0.1, 0.15) is 12.2 Å². The first-order valence-corrected chi connectivity index (χ1v) is 23.7. The van der Waals surface area contributed by atoms with E-state index < -0.39 is 33.2 Å². The Kier molecular flexibility index (Phi) is 40.2. The summed E-state index contributed by atoms with van der Waals surface area (Å²) in [5.74, 6) is -0.383. The molecular formula is C43H85O9P. The van der Waals surface area contributed by atoms with E-state index in [1.807, 2.05) is 0 Å². The van der Waals surface area contributed by atoms with Crippen molar-refractivity contribution in [3.05, 3.63) is 12.2 Å². The van der Waals surface area contributed by atoms with Crippen molar-refractivity contribution in [2.75, 3.05) is 33.0 Å². The highest BCUT2D eigenvalue weighted by Crippen LogP contribution is 2.43. The molecular weight excluding hydrogens is 691 g/mol. The maximum atomic E-state index is 12.6. The average molecular weight is 777 g/mol. The zero-order valence-corrected chi connectivity index (χ0v) is 35.4. The van der Waals surface area contributed by atoms with Gasteiger partial charge in [0.15, 0.2) is 0 Å². The van der Waals surface area contributed by atoms with E-state index in [4.69, 9.17) is 23.6 Å². The molecule has 9 nitrogen and oxygen atoms in total. The summed E-state index contributed by atoms with van der Waals surface area (Å²) in [4.78, 5) is 22.6. The van der Waals surface area contributed by atoms with Crippen molar-refractivity contribution in [3.8, 4) is 0 Å². The molecule has 0 aromatic rings. The molecule has 0 saturated carbocycles. The van der Waals surface area contributed by atoms with Gasteiger partial charge in [-0.3, -0.25) is 13.8 Å². The fourth-order valence-electron chi connectivity index (χ4n) is 6.29. The lowest BCUT2D eigenvalue weighted by molar-refractivity contribution is -0.154. The van der Waals surface area contributed by atoms with Crippen LogP contribution < -0.4 is 0 Å². The van der Waals surface area contributed by atoms with Crippen LogP contribution in [0.1, 0.15) is 213 Å². The topological polar surface area (TPSA) is 132 Å². The molecule has 3 atom stereocenters. The predicted molar refractivity (Wildman–Crippen MR) is 219 cm³/mol. The normalized spacial score (nSPS) is 14.1. The molecule has 0 amide bonds. The Balaban J connectivity index is 4.14. The number of unbranched alkanes of at least 4 members (excludes halogenated alkanes) is 27. The van der Waals surface area contributed by atoms with E-state index in [1.165, 1.54) is 148 Å². The second-order valence-electron chi connectivity index (χ2n) is 15.1. The Morgan fingerprint density at radius 2 is 0.962 bits per heavy atom. The first-order chi connectivity index (χ1) is 25.8. The van der Waals surface area contributed by atoms with Crippen molar-refractivity contribution in [3.63, 3.8) is 0 Å². The van der Waals surface area contributed by atoms with Crippen molar-refractivity contribution in [2.45, 2.75) is 225 Å². The average Bonchev–Trinajstić information content (AvgIpc) is 3.15. The molecule has 316 valence electrons. The lowest BCUT2D eigenvalue weighted by Gasteiger charge is -2.20. The van der Waals surface area contributed by atoms with Crippen LogP contribution in [0, 0.1) is 0 Å². The molecule has 0 radical (unpaired) electrons. The summed E-state index contributed by atoms with van der Waals surface area (Å²) in [7, 11) is -4.51. The van der Waals surface area contributed by atoms with Crippen LogP contribution in [0.25, 0.3) is 0 Å². The number of aliphatic hydroxyl groups excluding tert-OH is 2. The number of hydrogen-bond donors (Lipinski definition) is 3. The van der Waals surface area contributed by atoms with E-state index in [0.29, 0.717) is 6.61 Å². The van der Waals surface area contributed by atoms with E-state index in [0.717, 1.165) is 44.9 Å². The van der Waals surface area contributed by atoms with Crippen LogP contribution in [0.15, 0.2) is 12.2 Å². The summed E-state index contributed by atoms with van der Waals surface area (Å²) < 4.78 is 33.4. The van der Waals surface area contributed by atoms with Gasteiger partial charge in [-0.25, -0.2) is 4.57 Å². The molecule has 0 spiro atoms. The van der Waals surface area contributed by atoms with Crippen LogP contribution in [-0.2, 0) is 27.9 Å². The monoisotopic (exact) mass is 777 g/mol. The third-order valence-electron chi connectivity index (χ3n) is 9.70. The van der Waals surface area contributed by atoms with Crippen LogP contribution >= 0.6 is 7.82 Å². The predicted octanol–water partition coefficient (Wildman–Crippen LogP) is 12.1. The van der Waals surface area contributed by atoms with Gasteiger partial charge in [0.2, 0.25) is 0 Å². The number of carbonyl (C=O) groups excluding carboxylic acids is 1. The standard InChI is InChI=1S/C43H85O9P/c1-3-5-7-9-11-13-15-17-19-20-21-23-25-27-29-31-33-35-43(46)52-42(40-51-53(47,48)50-38-41(45)37-44)39-49-36-34-32-30-28-26-24-22-18-16-14-12-10-8-6-4-2/h17,19,41-42,44-45H,3-16,18,20-40H2,1-2H3,(H,47,48)/b19-17-. The molecule has 0 fully saturated rings. The smallest absolute Gasteiger partial charge is 0.457 e. The second-order valence-corrected chi connectivity index (χ2v) is 16.5. The Morgan fingerprint density at radius 1 is 0.566 bits per heavy atom. The molecule has 0 aromatic carbocycles. The number of carbonyl (C=O) groups is 1. The minimum atomic E-state index is -4.51. The fraction of sp³-hybridized carbons (Fsp3) is 0.930. The number of ether oxygens (including phenoxy) is 2. The van der Waals surface area contributed by atoms with Crippen LogP contribution in [0.2, 0.25) is 0 Å². The summed E-state index contributed by atoms with van der Waals surface area (Å²) in [5.41, 5.74) is 0. The van der Waals surface area contributed by atoms with Crippen molar-refractivity contribution < 1.29 is 43.0 Å². The highest BCUT2D eigenvalue weighted by Gasteiger charge is 2.26. The van der Waals surface area contributed by atoms with E-state index in [1.54, 1.807) is 0 Å². The van der Waals surface area contributed by atoms with Crippen molar-refractivity contribution in [2.24, 2.45) is 0 Å². The zero-order chi connectivity index (χ0) is 38.9. The number of esters is 1. The maximum absolute atomic E-state index is 12.6. The lowest BCUT2D eigenvalue weighted by Crippen LogP contribution is -2.29.